The quantitative estimate of drug-likeness (QED) is 0.406. The first-order valence-corrected chi connectivity index (χ1v) is 14.3. The summed E-state index contributed by atoms with van der Waals surface area (Å²) in [7, 11) is -1.90. The van der Waals surface area contributed by atoms with E-state index in [0.717, 1.165) is 16.9 Å². The van der Waals surface area contributed by atoms with Crippen LogP contribution in [0, 0.1) is 0 Å². The van der Waals surface area contributed by atoms with Crippen LogP contribution in [-0.2, 0) is 14.6 Å². The molecule has 1 aromatic heterocycles. The van der Waals surface area contributed by atoms with E-state index in [0.29, 0.717) is 37.6 Å². The van der Waals surface area contributed by atoms with E-state index in [1.165, 1.54) is 0 Å². The zero-order valence-electron chi connectivity index (χ0n) is 22.6. The lowest BCUT2D eigenvalue weighted by Crippen LogP contribution is -2.44. The largest absolute Gasteiger partial charge is 0.497 e. The van der Waals surface area contributed by atoms with Crippen molar-refractivity contribution in [3.63, 3.8) is 0 Å². The predicted octanol–water partition coefficient (Wildman–Crippen LogP) is 5.57. The Morgan fingerprint density at radius 2 is 1.64 bits per heavy atom. The number of hydrogen-bond donors (Lipinski definition) is 1. The first-order chi connectivity index (χ1) is 18.5. The summed E-state index contributed by atoms with van der Waals surface area (Å²) < 4.78 is 37.1. The van der Waals surface area contributed by atoms with Crippen molar-refractivity contribution in [1.82, 2.24) is 14.9 Å². The summed E-state index contributed by atoms with van der Waals surface area (Å²) >= 11 is 0. The predicted molar refractivity (Wildman–Crippen MR) is 152 cm³/mol. The number of benzene rings is 2. The van der Waals surface area contributed by atoms with Crippen LogP contribution in [-0.4, -0.2) is 60.4 Å². The molecule has 39 heavy (non-hydrogen) atoms. The minimum atomic E-state index is -3.53. The first kappa shape index (κ1) is 28.1. The van der Waals surface area contributed by atoms with Gasteiger partial charge in [-0.1, -0.05) is 24.3 Å². The number of aromatic nitrogens is 2. The van der Waals surface area contributed by atoms with Crippen molar-refractivity contribution >= 4 is 39.7 Å². The summed E-state index contributed by atoms with van der Waals surface area (Å²) in [5, 5.41) is 2.55. The molecule has 1 N–H and O–H groups in total. The maximum atomic E-state index is 13.2. The Morgan fingerprint density at radius 3 is 2.26 bits per heavy atom. The number of nitrogens with zero attached hydrogens (tertiary/aromatic N) is 3. The lowest BCUT2D eigenvalue weighted by molar-refractivity contribution is 0.0217. The molecule has 0 spiro atoms. The van der Waals surface area contributed by atoms with Gasteiger partial charge in [-0.15, -0.1) is 0 Å². The van der Waals surface area contributed by atoms with Gasteiger partial charge in [-0.25, -0.2) is 23.2 Å². The highest BCUT2D eigenvalue weighted by atomic mass is 32.2. The molecule has 3 aromatic rings. The Kier molecular flexibility index (Phi) is 8.54. The van der Waals surface area contributed by atoms with Gasteiger partial charge < -0.3 is 19.7 Å². The van der Waals surface area contributed by atoms with E-state index in [9.17, 15) is 13.2 Å². The number of anilines is 2. The van der Waals surface area contributed by atoms with Crippen molar-refractivity contribution in [2.24, 2.45) is 0 Å². The van der Waals surface area contributed by atoms with E-state index in [2.05, 4.69) is 15.3 Å². The van der Waals surface area contributed by atoms with Gasteiger partial charge in [0.25, 0.3) is 0 Å². The number of hydrogen-bond acceptors (Lipinski definition) is 8. The highest BCUT2D eigenvalue weighted by Crippen LogP contribution is 2.27. The molecule has 0 atom stereocenters. The van der Waals surface area contributed by atoms with Gasteiger partial charge in [-0.3, -0.25) is 0 Å². The molecule has 4 rings (SSSR count). The van der Waals surface area contributed by atoms with Gasteiger partial charge in [0.1, 0.15) is 11.4 Å². The molecule has 1 amide bonds. The second-order valence-corrected chi connectivity index (χ2v) is 12.5. The number of ether oxygens (including phenoxy) is 2. The van der Waals surface area contributed by atoms with Gasteiger partial charge in [0.2, 0.25) is 5.95 Å². The Balaban J connectivity index is 1.33. The van der Waals surface area contributed by atoms with Crippen molar-refractivity contribution in [3.8, 4) is 5.75 Å². The van der Waals surface area contributed by atoms with Gasteiger partial charge in [0.15, 0.2) is 9.84 Å². The molecule has 0 unspecified atom stereocenters. The summed E-state index contributed by atoms with van der Waals surface area (Å²) in [6.45, 7) is 6.13. The van der Waals surface area contributed by atoms with Gasteiger partial charge >= 0.3 is 6.09 Å². The fourth-order valence-corrected chi connectivity index (χ4v) is 5.88. The van der Waals surface area contributed by atoms with E-state index in [4.69, 9.17) is 9.47 Å². The van der Waals surface area contributed by atoms with Crippen LogP contribution >= 0.6 is 0 Å². The van der Waals surface area contributed by atoms with Gasteiger partial charge in [-0.2, -0.15) is 0 Å². The van der Waals surface area contributed by atoms with Crippen LogP contribution in [0.3, 0.4) is 0 Å². The molecule has 1 aliphatic rings. The third-order valence-electron chi connectivity index (χ3n) is 6.21. The summed E-state index contributed by atoms with van der Waals surface area (Å²) in [5.41, 5.74) is 1.92. The molecular weight excluding hydrogens is 516 g/mol. The van der Waals surface area contributed by atoms with Gasteiger partial charge in [-0.05, 0) is 75.6 Å². The number of rotatable bonds is 7. The number of likely N-dealkylation sites (tertiary alicyclic amines) is 1. The van der Waals surface area contributed by atoms with Crippen LogP contribution < -0.4 is 10.1 Å². The first-order valence-electron chi connectivity index (χ1n) is 12.8. The average Bonchev–Trinajstić information content (AvgIpc) is 2.92. The molecule has 1 aliphatic heterocycles. The molecule has 0 saturated carbocycles. The van der Waals surface area contributed by atoms with Crippen LogP contribution in [0.25, 0.3) is 12.2 Å². The molecule has 0 bridgehead atoms. The second-order valence-electron chi connectivity index (χ2n) is 10.3. The van der Waals surface area contributed by atoms with Crippen molar-refractivity contribution in [2.75, 3.05) is 25.5 Å². The topological polar surface area (TPSA) is 111 Å². The van der Waals surface area contributed by atoms with Crippen LogP contribution in [0.4, 0.5) is 16.4 Å². The van der Waals surface area contributed by atoms with Crippen molar-refractivity contribution in [1.29, 1.82) is 0 Å². The Morgan fingerprint density at radius 1 is 1.00 bits per heavy atom. The summed E-state index contributed by atoms with van der Waals surface area (Å²) in [4.78, 5) is 22.8. The molecule has 206 valence electrons. The smallest absolute Gasteiger partial charge is 0.410 e. The molecule has 1 saturated heterocycles. The maximum absolute atomic E-state index is 13.2. The zero-order valence-corrected chi connectivity index (χ0v) is 23.4. The van der Waals surface area contributed by atoms with E-state index in [-0.39, 0.29) is 4.90 Å². The molecule has 2 heterocycles. The number of carbonyl (C=O) groups excluding carboxylic acids is 1. The van der Waals surface area contributed by atoms with Crippen LogP contribution in [0.2, 0.25) is 0 Å². The Bertz CT molecular complexity index is 1410. The Hall–Kier alpha value is -3.92. The van der Waals surface area contributed by atoms with E-state index >= 15 is 0 Å². The minimum Gasteiger partial charge on any atom is -0.497 e. The third kappa shape index (κ3) is 7.57. The van der Waals surface area contributed by atoms with Crippen LogP contribution in [0.15, 0.2) is 65.8 Å². The standard InChI is InChI=1S/C29H34N4O5S/c1-29(2,3)38-28(34)33-16-14-26(15-17-33)39(35,36)25-12-10-23(11-13-25)32-27-30-19-22(20-31-27)9-8-21-6-5-7-24(18-21)37-4/h5-13,18-20,26H,14-17H2,1-4H3,(H,30,31,32)/b9-8+. The molecular formula is C29H34N4O5S. The monoisotopic (exact) mass is 550 g/mol. The number of sulfone groups is 1. The zero-order chi connectivity index (χ0) is 28.0. The highest BCUT2D eigenvalue weighted by molar-refractivity contribution is 7.92. The highest BCUT2D eigenvalue weighted by Gasteiger charge is 2.34. The molecule has 0 aliphatic carbocycles. The summed E-state index contributed by atoms with van der Waals surface area (Å²) in [6.07, 6.45) is 7.60. The SMILES string of the molecule is COc1cccc(/C=C/c2cnc(Nc3ccc(S(=O)(=O)C4CCN(C(=O)OC(C)(C)C)CC4)cc3)nc2)c1. The normalized spacial score (nSPS) is 14.8. The Labute approximate surface area is 229 Å². The van der Waals surface area contributed by atoms with E-state index in [1.807, 2.05) is 57.2 Å². The third-order valence-corrected chi connectivity index (χ3v) is 8.48. The fraction of sp³-hybridized carbons (Fsp3) is 0.345. The van der Waals surface area contributed by atoms with Crippen LogP contribution in [0.5, 0.6) is 5.75 Å². The average molecular weight is 551 g/mol. The second kappa shape index (κ2) is 11.9. The number of methoxy groups -OCH3 is 1. The minimum absolute atomic E-state index is 0.253. The molecule has 10 heteroatoms. The van der Waals surface area contributed by atoms with Crippen molar-refractivity contribution in [2.45, 2.75) is 49.4 Å². The lowest BCUT2D eigenvalue weighted by atomic mass is 10.1. The number of nitrogens with one attached hydrogen (secondary N) is 1. The van der Waals surface area contributed by atoms with Crippen molar-refractivity contribution < 1.29 is 22.7 Å². The molecule has 9 nitrogen and oxygen atoms in total. The van der Waals surface area contributed by atoms with Crippen LogP contribution in [0.1, 0.15) is 44.7 Å². The van der Waals surface area contributed by atoms with Gasteiger partial charge in [0, 0.05) is 36.7 Å². The lowest BCUT2D eigenvalue weighted by Gasteiger charge is -2.33. The molecule has 1 fully saturated rings. The summed E-state index contributed by atoms with van der Waals surface area (Å²) in [6, 6.07) is 14.3. The summed E-state index contributed by atoms with van der Waals surface area (Å²) in [5.74, 6) is 1.19. The van der Waals surface area contributed by atoms with E-state index in [1.54, 1.807) is 48.7 Å². The molecule has 2 aromatic carbocycles. The number of piperidine rings is 1. The van der Waals surface area contributed by atoms with Gasteiger partial charge in [0.05, 0.1) is 17.3 Å². The van der Waals surface area contributed by atoms with E-state index < -0.39 is 26.8 Å². The molecule has 0 radical (unpaired) electrons. The van der Waals surface area contributed by atoms with Crippen molar-refractivity contribution in [3.05, 3.63) is 72.1 Å². The maximum Gasteiger partial charge on any atom is 0.410 e. The number of amides is 1. The fourth-order valence-electron chi connectivity index (χ4n) is 4.15. The number of carbonyl (C=O) groups is 1.